The third-order valence-corrected chi connectivity index (χ3v) is 3.29. The van der Waals surface area contributed by atoms with E-state index in [1.54, 1.807) is 19.1 Å². The first-order valence-corrected chi connectivity index (χ1v) is 6.44. The van der Waals surface area contributed by atoms with E-state index in [-0.39, 0.29) is 11.7 Å². The van der Waals surface area contributed by atoms with Gasteiger partial charge in [-0.15, -0.1) is 0 Å². The van der Waals surface area contributed by atoms with Crippen molar-refractivity contribution in [1.82, 2.24) is 0 Å². The first-order valence-electron chi connectivity index (χ1n) is 6.44. The summed E-state index contributed by atoms with van der Waals surface area (Å²) in [7, 11) is 0. The third-order valence-electron chi connectivity index (χ3n) is 3.29. The molecule has 0 amide bonds. The highest BCUT2D eigenvalue weighted by Crippen LogP contribution is 2.41. The van der Waals surface area contributed by atoms with Crippen LogP contribution in [0.25, 0.3) is 6.08 Å². The Morgan fingerprint density at radius 3 is 2.43 bits per heavy atom. The molecule has 21 heavy (non-hydrogen) atoms. The van der Waals surface area contributed by atoms with E-state index in [1.165, 1.54) is 0 Å². The number of benzene rings is 1. The molecule has 1 unspecified atom stereocenters. The van der Waals surface area contributed by atoms with Crippen LogP contribution in [-0.2, 0) is 4.79 Å². The normalized spacial score (nSPS) is 18.0. The van der Waals surface area contributed by atoms with E-state index in [0.29, 0.717) is 11.1 Å². The van der Waals surface area contributed by atoms with E-state index in [9.17, 15) is 18.0 Å². The lowest BCUT2D eigenvalue weighted by molar-refractivity contribution is -0.187. The molecule has 6 heteroatoms. The van der Waals surface area contributed by atoms with Gasteiger partial charge in [-0.3, -0.25) is 0 Å². The van der Waals surface area contributed by atoms with Crippen LogP contribution >= 0.6 is 0 Å². The second-order valence-electron chi connectivity index (χ2n) is 5.37. The summed E-state index contributed by atoms with van der Waals surface area (Å²) in [6.07, 6.45) is -6.16. The van der Waals surface area contributed by atoms with Gasteiger partial charge in [0.2, 0.25) is 6.10 Å². The third kappa shape index (κ3) is 2.89. The highest BCUT2D eigenvalue weighted by atomic mass is 19.4. The summed E-state index contributed by atoms with van der Waals surface area (Å²) in [5, 5.41) is 9.00. The van der Waals surface area contributed by atoms with Crippen molar-refractivity contribution in [3.05, 3.63) is 34.4 Å². The van der Waals surface area contributed by atoms with Gasteiger partial charge in [0.05, 0.1) is 5.57 Å². The molecule has 1 N–H and O–H groups in total. The molecule has 3 nitrogen and oxygen atoms in total. The number of aryl methyl sites for hydroxylation is 1. The van der Waals surface area contributed by atoms with Crippen molar-refractivity contribution >= 4 is 12.0 Å². The largest absolute Gasteiger partial charge is 0.478 e. The number of hydrogen-bond acceptors (Lipinski definition) is 2. The summed E-state index contributed by atoms with van der Waals surface area (Å²) in [6.45, 7) is 5.49. The number of hydrogen-bond donors (Lipinski definition) is 1. The summed E-state index contributed by atoms with van der Waals surface area (Å²) in [4.78, 5) is 11.1. The number of fused-ring (bicyclic) bond motifs is 1. The number of carboxylic acids is 1. The zero-order chi connectivity index (χ0) is 15.9. The second-order valence-corrected chi connectivity index (χ2v) is 5.37. The van der Waals surface area contributed by atoms with E-state index in [0.717, 1.165) is 11.6 Å². The van der Waals surface area contributed by atoms with Gasteiger partial charge in [-0.05, 0) is 36.1 Å². The van der Waals surface area contributed by atoms with Crippen LogP contribution in [0.1, 0.15) is 36.5 Å². The SMILES string of the molecule is Cc1cc2c(c(C(C)C)c1)OC(C(F)(F)F)C(C(=O)O)=C2. The van der Waals surface area contributed by atoms with Gasteiger partial charge in [-0.2, -0.15) is 13.2 Å². The van der Waals surface area contributed by atoms with Gasteiger partial charge in [0, 0.05) is 5.56 Å². The number of ether oxygens (including phenoxy) is 1. The van der Waals surface area contributed by atoms with E-state index in [2.05, 4.69) is 0 Å². The molecular formula is C15H15F3O3. The number of alkyl halides is 3. The second kappa shape index (κ2) is 5.09. The van der Waals surface area contributed by atoms with Crippen molar-refractivity contribution < 1.29 is 27.8 Å². The molecule has 0 aromatic heterocycles. The predicted molar refractivity (Wildman–Crippen MR) is 71.4 cm³/mol. The summed E-state index contributed by atoms with van der Waals surface area (Å²) < 4.78 is 44.1. The van der Waals surface area contributed by atoms with Crippen LogP contribution in [0.15, 0.2) is 17.7 Å². The fraction of sp³-hybridized carbons (Fsp3) is 0.400. The number of carboxylic acid groups (broad SMARTS) is 1. The Morgan fingerprint density at radius 2 is 1.95 bits per heavy atom. The average molecular weight is 300 g/mol. The molecule has 0 fully saturated rings. The molecule has 0 saturated carbocycles. The first kappa shape index (κ1) is 15.4. The van der Waals surface area contributed by atoms with Gasteiger partial charge in [0.25, 0.3) is 0 Å². The van der Waals surface area contributed by atoms with E-state index < -0.39 is 23.8 Å². The Morgan fingerprint density at radius 1 is 1.33 bits per heavy atom. The fourth-order valence-corrected chi connectivity index (χ4v) is 2.34. The molecule has 1 heterocycles. The van der Waals surface area contributed by atoms with Crippen LogP contribution in [0.5, 0.6) is 5.75 Å². The minimum absolute atomic E-state index is 0.0349. The maximum absolute atomic E-state index is 13.0. The lowest BCUT2D eigenvalue weighted by Crippen LogP contribution is -2.40. The molecule has 1 aromatic rings. The number of halogens is 3. The standard InChI is InChI=1S/C15H15F3O3/c1-7(2)10-5-8(3)4-9-6-11(14(19)20)13(15(16,17)18)21-12(9)10/h4-7,13H,1-3H3,(H,19,20). The van der Waals surface area contributed by atoms with Crippen LogP contribution < -0.4 is 4.74 Å². The molecule has 1 aliphatic heterocycles. The van der Waals surface area contributed by atoms with Crippen LogP contribution in [0.3, 0.4) is 0 Å². The molecule has 0 bridgehead atoms. The molecule has 0 spiro atoms. The van der Waals surface area contributed by atoms with Crippen molar-refractivity contribution in [2.24, 2.45) is 0 Å². The van der Waals surface area contributed by atoms with Crippen molar-refractivity contribution in [3.63, 3.8) is 0 Å². The average Bonchev–Trinajstić information content (AvgIpc) is 2.34. The van der Waals surface area contributed by atoms with Gasteiger partial charge >= 0.3 is 12.1 Å². The van der Waals surface area contributed by atoms with Crippen LogP contribution in [0.2, 0.25) is 0 Å². The quantitative estimate of drug-likeness (QED) is 0.900. The minimum atomic E-state index is -4.78. The zero-order valence-electron chi connectivity index (χ0n) is 11.8. The van der Waals surface area contributed by atoms with Gasteiger partial charge in [-0.25, -0.2) is 4.79 Å². The Labute approximate surface area is 120 Å². The number of carbonyl (C=O) groups is 1. The lowest BCUT2D eigenvalue weighted by Gasteiger charge is -2.29. The molecule has 114 valence electrons. The molecule has 1 atom stereocenters. The summed E-state index contributed by atoms with van der Waals surface area (Å²) >= 11 is 0. The zero-order valence-corrected chi connectivity index (χ0v) is 11.8. The Balaban J connectivity index is 2.66. The van der Waals surface area contributed by atoms with Crippen molar-refractivity contribution in [1.29, 1.82) is 0 Å². The molecule has 1 aromatic carbocycles. The van der Waals surface area contributed by atoms with Crippen LogP contribution in [0, 0.1) is 6.92 Å². The Bertz CT molecular complexity index is 615. The monoisotopic (exact) mass is 300 g/mol. The van der Waals surface area contributed by atoms with Gasteiger partial charge in [0.1, 0.15) is 5.75 Å². The molecule has 0 saturated heterocycles. The van der Waals surface area contributed by atoms with Crippen LogP contribution in [-0.4, -0.2) is 23.4 Å². The van der Waals surface area contributed by atoms with Gasteiger partial charge in [-0.1, -0.05) is 19.9 Å². The van der Waals surface area contributed by atoms with Crippen molar-refractivity contribution in [2.45, 2.75) is 39.0 Å². The highest BCUT2D eigenvalue weighted by Gasteiger charge is 2.48. The molecule has 0 aliphatic carbocycles. The summed E-state index contributed by atoms with van der Waals surface area (Å²) in [5.41, 5.74) is 1.05. The highest BCUT2D eigenvalue weighted by molar-refractivity contribution is 5.95. The van der Waals surface area contributed by atoms with Crippen molar-refractivity contribution in [3.8, 4) is 5.75 Å². The smallest absolute Gasteiger partial charge is 0.430 e. The van der Waals surface area contributed by atoms with E-state index in [4.69, 9.17) is 9.84 Å². The van der Waals surface area contributed by atoms with E-state index >= 15 is 0 Å². The Hall–Kier alpha value is -1.98. The first-order chi connectivity index (χ1) is 9.61. The maximum Gasteiger partial charge on any atom is 0.430 e. The predicted octanol–water partition coefficient (Wildman–Crippen LogP) is 3.91. The maximum atomic E-state index is 13.0. The molecular weight excluding hydrogens is 285 g/mol. The van der Waals surface area contributed by atoms with Crippen molar-refractivity contribution in [2.75, 3.05) is 0 Å². The van der Waals surface area contributed by atoms with Gasteiger partial charge < -0.3 is 9.84 Å². The summed E-state index contributed by atoms with van der Waals surface area (Å²) in [6, 6.07) is 3.38. The van der Waals surface area contributed by atoms with Gasteiger partial charge in [0.15, 0.2) is 0 Å². The fourth-order valence-electron chi connectivity index (χ4n) is 2.34. The Kier molecular flexibility index (Phi) is 3.74. The lowest BCUT2D eigenvalue weighted by atomic mass is 9.92. The molecule has 1 aliphatic rings. The minimum Gasteiger partial charge on any atom is -0.478 e. The number of aliphatic carboxylic acids is 1. The van der Waals surface area contributed by atoms with Crippen LogP contribution in [0.4, 0.5) is 13.2 Å². The summed E-state index contributed by atoms with van der Waals surface area (Å²) in [5.74, 6) is -1.55. The molecule has 0 radical (unpaired) electrons. The topological polar surface area (TPSA) is 46.5 Å². The molecule has 2 rings (SSSR count). The van der Waals surface area contributed by atoms with E-state index in [1.807, 2.05) is 13.8 Å². The number of rotatable bonds is 2.